The molecular weight excluding hydrogens is 525 g/mol. The van der Waals surface area contributed by atoms with Crippen LogP contribution in [0.1, 0.15) is 68.2 Å². The molecule has 1 aliphatic carbocycles. The molecule has 1 aliphatic heterocycles. The zero-order valence-electron chi connectivity index (χ0n) is 22.9. The summed E-state index contributed by atoms with van der Waals surface area (Å²) in [6.07, 6.45) is -0.275. The Balaban J connectivity index is 1.65. The number of rotatable bonds is 9. The van der Waals surface area contributed by atoms with E-state index in [4.69, 9.17) is 9.72 Å². The average molecular weight is 561 g/mol. The van der Waals surface area contributed by atoms with Crippen LogP contribution in [-0.4, -0.2) is 62.4 Å². The van der Waals surface area contributed by atoms with Gasteiger partial charge >= 0.3 is 12.1 Å². The number of nitrogens with one attached hydrogen (secondary N) is 1. The number of aromatic carboxylic acids is 1. The van der Waals surface area contributed by atoms with Crippen molar-refractivity contribution in [2.75, 3.05) is 30.0 Å². The smallest absolute Gasteiger partial charge is 0.416 e. The first-order chi connectivity index (χ1) is 19.0. The van der Waals surface area contributed by atoms with Crippen molar-refractivity contribution in [3.8, 4) is 0 Å². The van der Waals surface area contributed by atoms with Crippen molar-refractivity contribution < 1.29 is 27.8 Å². The van der Waals surface area contributed by atoms with E-state index in [-0.39, 0.29) is 30.1 Å². The van der Waals surface area contributed by atoms with Crippen LogP contribution in [-0.2, 0) is 17.5 Å². The first-order valence-corrected chi connectivity index (χ1v) is 13.8. The molecule has 12 heteroatoms. The second-order valence-corrected chi connectivity index (χ2v) is 11.2. The van der Waals surface area contributed by atoms with Gasteiger partial charge in [0.05, 0.1) is 31.4 Å². The largest absolute Gasteiger partial charge is 0.475 e. The molecule has 2 fully saturated rings. The number of halogens is 3. The Kier molecular flexibility index (Phi) is 7.89. The van der Waals surface area contributed by atoms with Gasteiger partial charge in [-0.1, -0.05) is 32.4 Å². The molecule has 9 nitrogen and oxygen atoms in total. The highest BCUT2D eigenvalue weighted by Gasteiger charge is 2.33. The summed E-state index contributed by atoms with van der Waals surface area (Å²) >= 11 is 0. The van der Waals surface area contributed by atoms with E-state index in [0.29, 0.717) is 54.4 Å². The molecule has 2 aromatic heterocycles. The number of alkyl halides is 3. The highest BCUT2D eigenvalue weighted by atomic mass is 19.4. The predicted octanol–water partition coefficient (Wildman–Crippen LogP) is 5.44. The molecule has 1 saturated heterocycles. The maximum Gasteiger partial charge on any atom is 0.416 e. The molecule has 0 bridgehead atoms. The number of carbonyl (C=O) groups is 1. The van der Waals surface area contributed by atoms with Crippen molar-refractivity contribution in [1.29, 1.82) is 0 Å². The quantitative estimate of drug-likeness (QED) is 0.356. The SMILES string of the molecule is CC(C)CC1COCCN1c1nc2nc(C(=O)O)nc(N[C@H](C)C3CCC3)c2n1Cc1ccc(C(F)(F)F)cc1. The van der Waals surface area contributed by atoms with Gasteiger partial charge in [-0.3, -0.25) is 0 Å². The van der Waals surface area contributed by atoms with E-state index < -0.39 is 17.7 Å². The van der Waals surface area contributed by atoms with Gasteiger partial charge < -0.3 is 24.6 Å². The van der Waals surface area contributed by atoms with Crippen LogP contribution in [0.3, 0.4) is 0 Å². The summed E-state index contributed by atoms with van der Waals surface area (Å²) in [5.74, 6) is 0.146. The third-order valence-electron chi connectivity index (χ3n) is 7.85. The lowest BCUT2D eigenvalue weighted by atomic mass is 9.80. The van der Waals surface area contributed by atoms with Gasteiger partial charge in [0.2, 0.25) is 11.8 Å². The topological polar surface area (TPSA) is 105 Å². The van der Waals surface area contributed by atoms with E-state index in [0.717, 1.165) is 37.8 Å². The number of hydrogen-bond acceptors (Lipinski definition) is 7. The van der Waals surface area contributed by atoms with Crippen molar-refractivity contribution in [1.82, 2.24) is 19.5 Å². The van der Waals surface area contributed by atoms with Gasteiger partial charge in [-0.05, 0) is 55.7 Å². The zero-order valence-corrected chi connectivity index (χ0v) is 22.9. The molecule has 5 rings (SSSR count). The summed E-state index contributed by atoms with van der Waals surface area (Å²) in [5.41, 5.74) is 0.680. The van der Waals surface area contributed by atoms with Gasteiger partial charge in [0.15, 0.2) is 11.5 Å². The number of hydrogen-bond donors (Lipinski definition) is 2. The number of anilines is 2. The molecule has 2 N–H and O–H groups in total. The van der Waals surface area contributed by atoms with E-state index in [2.05, 4.69) is 41.0 Å². The lowest BCUT2D eigenvalue weighted by Crippen LogP contribution is -2.47. The minimum absolute atomic E-state index is 0.0223. The molecule has 1 unspecified atom stereocenters. The van der Waals surface area contributed by atoms with Crippen LogP contribution in [0.2, 0.25) is 0 Å². The molecule has 0 spiro atoms. The number of ether oxygens (including phenoxy) is 1. The van der Waals surface area contributed by atoms with Crippen molar-refractivity contribution in [2.45, 2.75) is 71.3 Å². The lowest BCUT2D eigenvalue weighted by Gasteiger charge is -2.37. The molecule has 40 heavy (non-hydrogen) atoms. The number of fused-ring (bicyclic) bond motifs is 1. The van der Waals surface area contributed by atoms with Crippen LogP contribution in [0, 0.1) is 11.8 Å². The van der Waals surface area contributed by atoms with Gasteiger partial charge in [-0.2, -0.15) is 18.2 Å². The average Bonchev–Trinajstić information content (AvgIpc) is 3.21. The molecule has 216 valence electrons. The van der Waals surface area contributed by atoms with E-state index >= 15 is 0 Å². The first-order valence-electron chi connectivity index (χ1n) is 13.8. The van der Waals surface area contributed by atoms with E-state index in [1.807, 2.05) is 4.57 Å². The molecule has 3 aromatic rings. The van der Waals surface area contributed by atoms with Crippen LogP contribution in [0.15, 0.2) is 24.3 Å². The van der Waals surface area contributed by atoms with Crippen molar-refractivity contribution >= 4 is 28.9 Å². The van der Waals surface area contributed by atoms with E-state index in [9.17, 15) is 23.1 Å². The van der Waals surface area contributed by atoms with Crippen molar-refractivity contribution in [2.24, 2.45) is 11.8 Å². The van der Waals surface area contributed by atoms with Gasteiger partial charge in [0, 0.05) is 12.6 Å². The molecule has 0 radical (unpaired) electrons. The summed E-state index contributed by atoms with van der Waals surface area (Å²) in [7, 11) is 0. The van der Waals surface area contributed by atoms with Gasteiger partial charge in [0.25, 0.3) is 0 Å². The molecule has 3 heterocycles. The third-order valence-corrected chi connectivity index (χ3v) is 7.85. The number of imidazole rings is 1. The summed E-state index contributed by atoms with van der Waals surface area (Å²) in [4.78, 5) is 27.6. The first kappa shape index (κ1) is 28.1. The molecule has 2 atom stereocenters. The van der Waals surface area contributed by atoms with Gasteiger partial charge in [-0.25, -0.2) is 14.8 Å². The summed E-state index contributed by atoms with van der Waals surface area (Å²) < 4.78 is 47.4. The fourth-order valence-electron chi connectivity index (χ4n) is 5.50. The number of aromatic nitrogens is 4. The fraction of sp³-hybridized carbons (Fsp3) is 0.571. The monoisotopic (exact) mass is 560 g/mol. The summed E-state index contributed by atoms with van der Waals surface area (Å²) in [5, 5.41) is 13.2. The van der Waals surface area contributed by atoms with Crippen LogP contribution in [0.4, 0.5) is 24.9 Å². The maximum absolute atomic E-state index is 13.2. The highest BCUT2D eigenvalue weighted by molar-refractivity contribution is 5.91. The zero-order chi connectivity index (χ0) is 28.6. The second kappa shape index (κ2) is 11.2. The van der Waals surface area contributed by atoms with E-state index in [1.165, 1.54) is 12.1 Å². The van der Waals surface area contributed by atoms with Gasteiger partial charge in [0.1, 0.15) is 5.52 Å². The minimum Gasteiger partial charge on any atom is -0.475 e. The Morgan fingerprint density at radius 3 is 2.48 bits per heavy atom. The number of nitrogens with zero attached hydrogens (tertiary/aromatic N) is 5. The Bertz CT molecular complexity index is 1350. The normalized spacial score (nSPS) is 19.2. The van der Waals surface area contributed by atoms with Crippen LogP contribution < -0.4 is 10.2 Å². The molecule has 0 amide bonds. The highest BCUT2D eigenvalue weighted by Crippen LogP contribution is 2.35. The number of carboxylic acids is 1. The molecule has 1 aromatic carbocycles. The number of carboxylic acid groups (broad SMARTS) is 1. The summed E-state index contributed by atoms with van der Waals surface area (Å²) in [6.45, 7) is 8.09. The number of morpholine rings is 1. The minimum atomic E-state index is -4.43. The lowest BCUT2D eigenvalue weighted by molar-refractivity contribution is -0.137. The van der Waals surface area contributed by atoms with Crippen molar-refractivity contribution in [3.63, 3.8) is 0 Å². The molecular formula is C28H35F3N6O3. The fourth-order valence-corrected chi connectivity index (χ4v) is 5.50. The van der Waals surface area contributed by atoms with Crippen molar-refractivity contribution in [3.05, 3.63) is 41.2 Å². The van der Waals surface area contributed by atoms with E-state index in [1.54, 1.807) is 0 Å². The van der Waals surface area contributed by atoms with Crippen LogP contribution >= 0.6 is 0 Å². The molecule has 2 aliphatic rings. The summed E-state index contributed by atoms with van der Waals surface area (Å²) in [6, 6.07) is 5.13. The van der Waals surface area contributed by atoms with Crippen LogP contribution in [0.5, 0.6) is 0 Å². The maximum atomic E-state index is 13.2. The Hall–Kier alpha value is -3.41. The number of benzene rings is 1. The Labute approximate surface area is 230 Å². The van der Waals surface area contributed by atoms with Crippen LogP contribution in [0.25, 0.3) is 11.2 Å². The predicted molar refractivity (Wildman–Crippen MR) is 145 cm³/mol. The van der Waals surface area contributed by atoms with Gasteiger partial charge in [-0.15, -0.1) is 0 Å². The third kappa shape index (κ3) is 5.86. The Morgan fingerprint density at radius 1 is 1.15 bits per heavy atom. The standard InChI is InChI=1S/C28H35F3N6O3/c1-16(2)13-21-15-40-12-11-36(21)27-35-24-22(37(27)14-18-7-9-20(10-8-18)28(29,30)31)23(33-25(34-24)26(38)39)32-17(3)19-5-4-6-19/h7-10,16-17,19,21H,4-6,11-15H2,1-3H3,(H,38,39)(H,32,33,34)/t17-,21?/m1/s1. The second-order valence-electron chi connectivity index (χ2n) is 11.2. The molecule has 1 saturated carbocycles. The Morgan fingerprint density at radius 2 is 1.88 bits per heavy atom.